The maximum absolute atomic E-state index is 11.7. The van der Waals surface area contributed by atoms with Gasteiger partial charge in [0.1, 0.15) is 15.6 Å². The van der Waals surface area contributed by atoms with Crippen LogP contribution in [0.5, 0.6) is 5.75 Å². The molecular weight excluding hydrogens is 354 g/mol. The van der Waals surface area contributed by atoms with E-state index in [0.29, 0.717) is 6.42 Å². The van der Waals surface area contributed by atoms with Crippen LogP contribution in [0.4, 0.5) is 0 Å². The topological polar surface area (TPSA) is 55.4 Å². The Balaban J connectivity index is 2.11. The molecule has 0 aliphatic heterocycles. The minimum Gasteiger partial charge on any atom is -0.490 e. The van der Waals surface area contributed by atoms with Crippen molar-refractivity contribution in [1.29, 1.82) is 0 Å². The van der Waals surface area contributed by atoms with Crippen LogP contribution < -0.4 is 10.1 Å². The molecule has 1 aromatic carbocycles. The Morgan fingerprint density at radius 2 is 2.14 bits per heavy atom. The number of halogens is 1. The molecule has 2 unspecified atom stereocenters. The number of rotatable bonds is 5. The first kappa shape index (κ1) is 16.8. The van der Waals surface area contributed by atoms with Crippen LogP contribution in [0.2, 0.25) is 0 Å². The molecular formula is C15H22BrNO3S. The summed E-state index contributed by atoms with van der Waals surface area (Å²) in [5.41, 5.74) is 1.08. The van der Waals surface area contributed by atoms with Crippen molar-refractivity contribution >= 4 is 25.8 Å². The monoisotopic (exact) mass is 375 g/mol. The van der Waals surface area contributed by atoms with Gasteiger partial charge < -0.3 is 10.1 Å². The lowest BCUT2D eigenvalue weighted by molar-refractivity contribution is 0.154. The lowest BCUT2D eigenvalue weighted by atomic mass is 9.97. The Hall–Kier alpha value is -0.590. The molecule has 0 saturated heterocycles. The van der Waals surface area contributed by atoms with Gasteiger partial charge in [0, 0.05) is 29.3 Å². The molecule has 1 fully saturated rings. The van der Waals surface area contributed by atoms with Crippen LogP contribution in [0.15, 0.2) is 22.7 Å². The van der Waals surface area contributed by atoms with Gasteiger partial charge in [-0.15, -0.1) is 0 Å². The third kappa shape index (κ3) is 4.69. The lowest BCUT2D eigenvalue weighted by Gasteiger charge is -2.29. The number of nitrogens with one attached hydrogen (secondary N) is 1. The first-order valence-electron chi connectivity index (χ1n) is 7.18. The van der Waals surface area contributed by atoms with Crippen molar-refractivity contribution in [3.05, 3.63) is 28.2 Å². The summed E-state index contributed by atoms with van der Waals surface area (Å²) in [6.45, 7) is 0.719. The van der Waals surface area contributed by atoms with Crippen molar-refractivity contribution in [2.45, 2.75) is 43.6 Å². The van der Waals surface area contributed by atoms with E-state index in [0.717, 1.165) is 41.6 Å². The summed E-state index contributed by atoms with van der Waals surface area (Å²) < 4.78 is 30.6. The highest BCUT2D eigenvalue weighted by molar-refractivity contribution is 9.10. The van der Waals surface area contributed by atoms with Crippen LogP contribution in [0.3, 0.4) is 0 Å². The zero-order valence-corrected chi connectivity index (χ0v) is 14.8. The minimum absolute atomic E-state index is 0.0183. The first-order valence-corrected chi connectivity index (χ1v) is 9.93. The molecule has 4 nitrogen and oxygen atoms in total. The van der Waals surface area contributed by atoms with E-state index in [1.165, 1.54) is 6.26 Å². The summed E-state index contributed by atoms with van der Waals surface area (Å²) in [4.78, 5) is 0. The molecule has 118 valence electrons. The summed E-state index contributed by atoms with van der Waals surface area (Å²) in [6.07, 6.45) is 4.47. The highest BCUT2D eigenvalue weighted by Crippen LogP contribution is 2.30. The van der Waals surface area contributed by atoms with Gasteiger partial charge in [0.05, 0.1) is 11.4 Å². The quantitative estimate of drug-likeness (QED) is 0.859. The molecule has 2 rings (SSSR count). The second kappa shape index (κ2) is 7.11. The van der Waals surface area contributed by atoms with Crippen molar-refractivity contribution in [3.8, 4) is 5.75 Å². The Morgan fingerprint density at radius 1 is 1.38 bits per heavy atom. The fourth-order valence-electron chi connectivity index (χ4n) is 2.77. The van der Waals surface area contributed by atoms with Crippen molar-refractivity contribution in [3.63, 3.8) is 0 Å². The van der Waals surface area contributed by atoms with E-state index in [1.54, 1.807) is 0 Å². The van der Waals surface area contributed by atoms with Crippen LogP contribution in [0.1, 0.15) is 31.2 Å². The van der Waals surface area contributed by atoms with Gasteiger partial charge in [-0.25, -0.2) is 8.42 Å². The molecule has 0 heterocycles. The van der Waals surface area contributed by atoms with Gasteiger partial charge >= 0.3 is 0 Å². The molecule has 0 aromatic heterocycles. The number of hydrogen-bond donors (Lipinski definition) is 1. The van der Waals surface area contributed by atoms with Gasteiger partial charge in [-0.3, -0.25) is 0 Å². The predicted octanol–water partition coefficient (Wildman–Crippen LogP) is 2.90. The average molecular weight is 376 g/mol. The Kier molecular flexibility index (Phi) is 5.68. The summed E-state index contributed by atoms with van der Waals surface area (Å²) in [5.74, 6) is 0.840. The second-order valence-corrected chi connectivity index (χ2v) is 8.88. The number of benzene rings is 1. The molecule has 0 bridgehead atoms. The van der Waals surface area contributed by atoms with Crippen LogP contribution in [-0.2, 0) is 16.4 Å². The number of ether oxygens (including phenoxy) is 1. The fourth-order valence-corrected chi connectivity index (χ4v) is 4.34. The third-order valence-electron chi connectivity index (χ3n) is 3.87. The molecule has 1 saturated carbocycles. The van der Waals surface area contributed by atoms with Gasteiger partial charge in [0.25, 0.3) is 0 Å². The molecule has 0 spiro atoms. The largest absolute Gasteiger partial charge is 0.490 e. The van der Waals surface area contributed by atoms with Crippen LogP contribution in [0, 0.1) is 0 Å². The molecule has 6 heteroatoms. The van der Waals surface area contributed by atoms with Crippen molar-refractivity contribution in [1.82, 2.24) is 5.32 Å². The van der Waals surface area contributed by atoms with Gasteiger partial charge in [-0.2, -0.15) is 0 Å². The van der Waals surface area contributed by atoms with Crippen LogP contribution in [-0.4, -0.2) is 33.1 Å². The standard InChI is InChI=1S/C15H22BrNO3S/c1-17-10-11-8-12(16)6-7-15(11)20-13-4-3-5-14(9-13)21(2,18)19/h6-8,13-14,17H,3-5,9-10H2,1-2H3. The van der Waals surface area contributed by atoms with E-state index in [1.807, 2.05) is 25.2 Å². The third-order valence-corrected chi connectivity index (χ3v) is 6.00. The van der Waals surface area contributed by atoms with Gasteiger partial charge in [0.2, 0.25) is 0 Å². The second-order valence-electron chi connectivity index (χ2n) is 5.64. The molecule has 2 atom stereocenters. The van der Waals surface area contributed by atoms with Crippen molar-refractivity contribution in [2.75, 3.05) is 13.3 Å². The predicted molar refractivity (Wildman–Crippen MR) is 88.4 cm³/mol. The number of sulfone groups is 1. The smallest absolute Gasteiger partial charge is 0.150 e. The zero-order chi connectivity index (χ0) is 15.5. The van der Waals surface area contributed by atoms with Crippen molar-refractivity contribution < 1.29 is 13.2 Å². The first-order chi connectivity index (χ1) is 9.90. The van der Waals surface area contributed by atoms with Gasteiger partial charge in [0.15, 0.2) is 0 Å². The maximum atomic E-state index is 11.7. The molecule has 0 amide bonds. The average Bonchev–Trinajstić information content (AvgIpc) is 2.42. The van der Waals surface area contributed by atoms with E-state index in [9.17, 15) is 8.42 Å². The van der Waals surface area contributed by atoms with E-state index in [4.69, 9.17) is 4.74 Å². The van der Waals surface area contributed by atoms with E-state index >= 15 is 0 Å². The van der Waals surface area contributed by atoms with E-state index in [-0.39, 0.29) is 11.4 Å². The summed E-state index contributed by atoms with van der Waals surface area (Å²) in [5, 5.41) is 2.86. The van der Waals surface area contributed by atoms with E-state index < -0.39 is 9.84 Å². The van der Waals surface area contributed by atoms with Gasteiger partial charge in [-0.05, 0) is 44.5 Å². The Morgan fingerprint density at radius 3 is 2.81 bits per heavy atom. The molecule has 1 aliphatic rings. The summed E-state index contributed by atoms with van der Waals surface area (Å²) >= 11 is 3.46. The lowest BCUT2D eigenvalue weighted by Crippen LogP contribution is -2.33. The zero-order valence-electron chi connectivity index (χ0n) is 12.4. The maximum Gasteiger partial charge on any atom is 0.150 e. The highest BCUT2D eigenvalue weighted by atomic mass is 79.9. The molecule has 21 heavy (non-hydrogen) atoms. The van der Waals surface area contributed by atoms with Crippen LogP contribution in [0.25, 0.3) is 0 Å². The molecule has 1 aliphatic carbocycles. The fraction of sp³-hybridized carbons (Fsp3) is 0.600. The van der Waals surface area contributed by atoms with Crippen LogP contribution >= 0.6 is 15.9 Å². The minimum atomic E-state index is -2.98. The SMILES string of the molecule is CNCc1cc(Br)ccc1OC1CCCC(S(C)(=O)=O)C1. The highest BCUT2D eigenvalue weighted by Gasteiger charge is 2.30. The number of hydrogen-bond acceptors (Lipinski definition) is 4. The Labute approximate surface area is 135 Å². The molecule has 0 radical (unpaired) electrons. The van der Waals surface area contributed by atoms with E-state index in [2.05, 4.69) is 21.2 Å². The van der Waals surface area contributed by atoms with Crippen molar-refractivity contribution in [2.24, 2.45) is 0 Å². The summed E-state index contributed by atoms with van der Waals surface area (Å²) in [6, 6.07) is 5.93. The molecule has 1 aromatic rings. The normalized spacial score (nSPS) is 23.0. The summed E-state index contributed by atoms with van der Waals surface area (Å²) in [7, 11) is -1.08. The van der Waals surface area contributed by atoms with Gasteiger partial charge in [-0.1, -0.05) is 15.9 Å². The Bertz CT molecular complexity index is 589. The molecule has 1 N–H and O–H groups in total.